The highest BCUT2D eigenvalue weighted by atomic mass is 35.5. The number of amides is 1. The maximum Gasteiger partial charge on any atom is 0.224 e. The van der Waals surface area contributed by atoms with Crippen LogP contribution in [0.5, 0.6) is 0 Å². The lowest BCUT2D eigenvalue weighted by Crippen LogP contribution is -2.44. The van der Waals surface area contributed by atoms with Crippen molar-refractivity contribution >= 4 is 17.5 Å². The van der Waals surface area contributed by atoms with Crippen molar-refractivity contribution in [3.63, 3.8) is 0 Å². The lowest BCUT2D eigenvalue weighted by molar-refractivity contribution is -0.124. The number of hydrogen-bond donors (Lipinski definition) is 1. The van der Waals surface area contributed by atoms with Gasteiger partial charge >= 0.3 is 0 Å². The first kappa shape index (κ1) is 15.7. The van der Waals surface area contributed by atoms with Crippen molar-refractivity contribution in [3.05, 3.63) is 0 Å². The van der Waals surface area contributed by atoms with Gasteiger partial charge in [0.05, 0.1) is 0 Å². The summed E-state index contributed by atoms with van der Waals surface area (Å²) in [6.07, 6.45) is 0.999. The Morgan fingerprint density at radius 1 is 1.31 bits per heavy atom. The van der Waals surface area contributed by atoms with Crippen LogP contribution in [0.25, 0.3) is 0 Å². The number of nitrogens with zero attached hydrogens (tertiary/aromatic N) is 1. The number of carbonyl (C=O) groups excluding carboxylic acids is 1. The van der Waals surface area contributed by atoms with Crippen LogP contribution < -0.4 is 5.32 Å². The van der Waals surface area contributed by atoms with E-state index in [1.165, 1.54) is 0 Å². The number of alkyl halides is 1. The molecule has 0 aliphatic rings. The van der Waals surface area contributed by atoms with Gasteiger partial charge in [0, 0.05) is 24.4 Å². The average Bonchev–Trinajstić information content (AvgIpc) is 2.14. The molecule has 2 atom stereocenters. The molecular weight excluding hydrogens is 224 g/mol. The normalized spacial score (nSPS) is 15.2. The van der Waals surface area contributed by atoms with Crippen molar-refractivity contribution < 1.29 is 4.79 Å². The molecule has 3 nitrogen and oxygen atoms in total. The number of halogens is 1. The van der Waals surface area contributed by atoms with Crippen molar-refractivity contribution in [2.24, 2.45) is 11.8 Å². The molecule has 0 saturated heterocycles. The van der Waals surface area contributed by atoms with E-state index in [1.807, 2.05) is 21.0 Å². The molecule has 1 N–H and O–H groups in total. The second-order valence-corrected chi connectivity index (χ2v) is 5.46. The molecule has 0 aromatic carbocycles. The Hall–Kier alpha value is -0.280. The molecule has 1 amide bonds. The van der Waals surface area contributed by atoms with Gasteiger partial charge in [0.1, 0.15) is 0 Å². The van der Waals surface area contributed by atoms with Gasteiger partial charge in [-0.1, -0.05) is 20.8 Å². The first-order valence-electron chi connectivity index (χ1n) is 5.87. The lowest BCUT2D eigenvalue weighted by Gasteiger charge is -2.25. The zero-order valence-electron chi connectivity index (χ0n) is 11.1. The van der Waals surface area contributed by atoms with Crippen LogP contribution in [0.15, 0.2) is 0 Å². The number of hydrogen-bond acceptors (Lipinski definition) is 2. The summed E-state index contributed by atoms with van der Waals surface area (Å²) >= 11 is 5.67. The number of likely N-dealkylation sites (N-methyl/N-ethyl adjacent to an activating group) is 1. The predicted octanol–water partition coefficient (Wildman–Crippen LogP) is 1.95. The second-order valence-electron chi connectivity index (χ2n) is 5.15. The van der Waals surface area contributed by atoms with Crippen molar-refractivity contribution in [2.75, 3.05) is 26.5 Å². The monoisotopic (exact) mass is 248 g/mol. The fourth-order valence-corrected chi connectivity index (χ4v) is 1.74. The van der Waals surface area contributed by atoms with E-state index in [9.17, 15) is 4.79 Å². The first-order valence-corrected chi connectivity index (χ1v) is 6.41. The molecule has 96 valence electrons. The molecule has 4 heteroatoms. The van der Waals surface area contributed by atoms with Crippen LogP contribution in [0.1, 0.15) is 27.2 Å². The van der Waals surface area contributed by atoms with Crippen LogP contribution in [-0.2, 0) is 4.79 Å². The van der Waals surface area contributed by atoms with Gasteiger partial charge in [0.15, 0.2) is 0 Å². The van der Waals surface area contributed by atoms with E-state index in [-0.39, 0.29) is 17.9 Å². The third kappa shape index (κ3) is 7.07. The van der Waals surface area contributed by atoms with Gasteiger partial charge in [0.2, 0.25) is 5.91 Å². The topological polar surface area (TPSA) is 32.3 Å². The maximum atomic E-state index is 11.7. The van der Waals surface area contributed by atoms with Crippen molar-refractivity contribution in [1.82, 2.24) is 10.2 Å². The highest BCUT2D eigenvalue weighted by Gasteiger charge is 2.18. The van der Waals surface area contributed by atoms with Gasteiger partial charge in [-0.3, -0.25) is 4.79 Å². The van der Waals surface area contributed by atoms with Crippen LogP contribution in [-0.4, -0.2) is 43.4 Å². The predicted molar refractivity (Wildman–Crippen MR) is 69.8 cm³/mol. The van der Waals surface area contributed by atoms with Gasteiger partial charge in [-0.25, -0.2) is 0 Å². The smallest absolute Gasteiger partial charge is 0.224 e. The Balaban J connectivity index is 4.24. The Kier molecular flexibility index (Phi) is 7.77. The Morgan fingerprint density at radius 3 is 2.25 bits per heavy atom. The third-order valence-electron chi connectivity index (χ3n) is 2.37. The fourth-order valence-electron chi connectivity index (χ4n) is 1.60. The van der Waals surface area contributed by atoms with Crippen molar-refractivity contribution in [3.8, 4) is 0 Å². The van der Waals surface area contributed by atoms with E-state index < -0.39 is 0 Å². The van der Waals surface area contributed by atoms with Crippen LogP contribution in [0.2, 0.25) is 0 Å². The van der Waals surface area contributed by atoms with E-state index in [2.05, 4.69) is 24.1 Å². The minimum Gasteiger partial charge on any atom is -0.352 e. The molecule has 0 rings (SSSR count). The zero-order chi connectivity index (χ0) is 12.7. The zero-order valence-corrected chi connectivity index (χ0v) is 11.8. The Labute approximate surface area is 105 Å². The van der Waals surface area contributed by atoms with Gasteiger partial charge in [0.25, 0.3) is 0 Å². The van der Waals surface area contributed by atoms with Crippen LogP contribution in [0.3, 0.4) is 0 Å². The second kappa shape index (κ2) is 7.91. The highest BCUT2D eigenvalue weighted by Crippen LogP contribution is 2.07. The van der Waals surface area contributed by atoms with Gasteiger partial charge in [-0.05, 0) is 26.4 Å². The fraction of sp³-hybridized carbons (Fsp3) is 0.917. The Bertz CT molecular complexity index is 197. The summed E-state index contributed by atoms with van der Waals surface area (Å²) in [5.74, 6) is 0.903. The summed E-state index contributed by atoms with van der Waals surface area (Å²) in [7, 11) is 4.04. The van der Waals surface area contributed by atoms with E-state index in [4.69, 9.17) is 11.6 Å². The number of carbonyl (C=O) groups is 1. The van der Waals surface area contributed by atoms with Crippen molar-refractivity contribution in [2.45, 2.75) is 33.2 Å². The maximum absolute atomic E-state index is 11.7. The molecule has 16 heavy (non-hydrogen) atoms. The standard InChI is InChI=1S/C12H25ClN2O/c1-9(2)6-11(8-15(4)5)14-12(16)10(3)7-13/h9-11H,6-8H2,1-5H3,(H,14,16). The summed E-state index contributed by atoms with van der Waals surface area (Å²) in [5, 5.41) is 3.07. The molecule has 0 bridgehead atoms. The molecule has 0 aromatic rings. The van der Waals surface area contributed by atoms with Crippen LogP contribution >= 0.6 is 11.6 Å². The van der Waals surface area contributed by atoms with Crippen molar-refractivity contribution in [1.29, 1.82) is 0 Å². The molecule has 0 aliphatic carbocycles. The SMILES string of the molecule is CC(C)CC(CN(C)C)NC(=O)C(C)CCl. The van der Waals surface area contributed by atoms with Gasteiger partial charge < -0.3 is 10.2 Å². The Morgan fingerprint density at radius 2 is 1.88 bits per heavy atom. The highest BCUT2D eigenvalue weighted by molar-refractivity contribution is 6.19. The molecule has 0 radical (unpaired) electrons. The molecule has 0 aromatic heterocycles. The summed E-state index contributed by atoms with van der Waals surface area (Å²) in [4.78, 5) is 13.8. The molecule has 0 fully saturated rings. The number of nitrogens with one attached hydrogen (secondary N) is 1. The molecule has 0 saturated carbocycles. The van der Waals surface area contributed by atoms with E-state index in [0.29, 0.717) is 11.8 Å². The lowest BCUT2D eigenvalue weighted by atomic mass is 10.0. The summed E-state index contributed by atoms with van der Waals surface area (Å²) in [5.41, 5.74) is 0. The third-order valence-corrected chi connectivity index (χ3v) is 2.83. The summed E-state index contributed by atoms with van der Waals surface area (Å²) in [6.45, 7) is 7.06. The van der Waals surface area contributed by atoms with Crippen LogP contribution in [0.4, 0.5) is 0 Å². The minimum absolute atomic E-state index is 0.0579. The molecule has 0 spiro atoms. The minimum atomic E-state index is -0.113. The summed E-state index contributed by atoms with van der Waals surface area (Å²) < 4.78 is 0. The van der Waals surface area contributed by atoms with Gasteiger partial charge in [-0.15, -0.1) is 11.6 Å². The molecule has 0 aliphatic heterocycles. The molecule has 2 unspecified atom stereocenters. The van der Waals surface area contributed by atoms with Gasteiger partial charge in [-0.2, -0.15) is 0 Å². The average molecular weight is 249 g/mol. The summed E-state index contributed by atoms with van der Waals surface area (Å²) in [6, 6.07) is 0.216. The number of rotatable bonds is 7. The van der Waals surface area contributed by atoms with E-state index >= 15 is 0 Å². The molecular formula is C12H25ClN2O. The van der Waals surface area contributed by atoms with E-state index in [0.717, 1.165) is 13.0 Å². The largest absolute Gasteiger partial charge is 0.352 e. The van der Waals surface area contributed by atoms with E-state index in [1.54, 1.807) is 0 Å². The first-order chi connectivity index (χ1) is 7.36. The molecule has 0 heterocycles. The van der Waals surface area contributed by atoms with Crippen LogP contribution in [0, 0.1) is 11.8 Å². The quantitative estimate of drug-likeness (QED) is 0.699.